The van der Waals surface area contributed by atoms with Gasteiger partial charge < -0.3 is 5.32 Å². The maximum Gasteiger partial charge on any atom is 0.235 e. The highest BCUT2D eigenvalue weighted by Gasteiger charge is 2.15. The number of rotatable bonds is 4. The molecule has 0 amide bonds. The second kappa shape index (κ2) is 6.40. The molecule has 2 aromatic heterocycles. The minimum atomic E-state index is 0.700. The zero-order chi connectivity index (χ0) is 17.2. The summed E-state index contributed by atoms with van der Waals surface area (Å²) in [6, 6.07) is 18.7. The predicted molar refractivity (Wildman–Crippen MR) is 102 cm³/mol. The molecule has 0 radical (unpaired) electrons. The summed E-state index contributed by atoms with van der Waals surface area (Å²) >= 11 is 0. The molecule has 25 heavy (non-hydrogen) atoms. The number of nitrogens with zero attached hydrogens (tertiary/aromatic N) is 3. The van der Waals surface area contributed by atoms with Crippen LogP contribution in [0, 0.1) is 13.8 Å². The van der Waals surface area contributed by atoms with E-state index in [1.54, 1.807) is 6.20 Å². The van der Waals surface area contributed by atoms with Crippen LogP contribution < -0.4 is 5.32 Å². The third-order valence-electron chi connectivity index (χ3n) is 4.49. The van der Waals surface area contributed by atoms with Gasteiger partial charge in [-0.1, -0.05) is 42.5 Å². The molecule has 0 atom stereocenters. The number of nitrogens with one attached hydrogen (secondary N) is 1. The summed E-state index contributed by atoms with van der Waals surface area (Å²) in [6.45, 7) is 4.99. The second-order valence-corrected chi connectivity index (χ2v) is 6.24. The fourth-order valence-corrected chi connectivity index (χ4v) is 2.93. The lowest BCUT2D eigenvalue weighted by Crippen LogP contribution is -2.03. The molecule has 0 aliphatic rings. The Morgan fingerprint density at radius 3 is 2.60 bits per heavy atom. The van der Waals surface area contributed by atoms with Gasteiger partial charge in [0.05, 0.1) is 0 Å². The van der Waals surface area contributed by atoms with Gasteiger partial charge in [-0.2, -0.15) is 0 Å². The first-order valence-electron chi connectivity index (χ1n) is 8.41. The number of anilines is 1. The molecule has 124 valence electrons. The van der Waals surface area contributed by atoms with E-state index in [-0.39, 0.29) is 0 Å². The summed E-state index contributed by atoms with van der Waals surface area (Å²) in [5, 5.41) is 3.55. The Hall–Kier alpha value is -3.14. The lowest BCUT2D eigenvalue weighted by molar-refractivity contribution is 1.06. The molecule has 0 aliphatic carbocycles. The molecule has 4 aromatic rings. The number of hydrogen-bond donors (Lipinski definition) is 1. The summed E-state index contributed by atoms with van der Waals surface area (Å²) < 4.78 is 2.01. The van der Waals surface area contributed by atoms with Crippen LogP contribution in [0.4, 0.5) is 5.82 Å². The summed E-state index contributed by atoms with van der Waals surface area (Å²) in [7, 11) is 0. The maximum atomic E-state index is 4.76. The third-order valence-corrected chi connectivity index (χ3v) is 4.49. The largest absolute Gasteiger partial charge is 0.365 e. The molecule has 2 heterocycles. The van der Waals surface area contributed by atoms with Crippen molar-refractivity contribution in [2.24, 2.45) is 0 Å². The molecule has 4 heteroatoms. The summed E-state index contributed by atoms with van der Waals surface area (Å²) in [5.74, 6) is 1.67. The molecule has 2 aromatic carbocycles. The maximum absolute atomic E-state index is 4.76. The topological polar surface area (TPSA) is 42.2 Å². The van der Waals surface area contributed by atoms with Gasteiger partial charge in [-0.05, 0) is 42.7 Å². The van der Waals surface area contributed by atoms with Crippen LogP contribution in [0.15, 0.2) is 67.0 Å². The van der Waals surface area contributed by atoms with Crippen LogP contribution in [-0.2, 0) is 6.54 Å². The van der Waals surface area contributed by atoms with Crippen molar-refractivity contribution in [1.82, 2.24) is 14.4 Å². The van der Waals surface area contributed by atoms with Gasteiger partial charge in [0.1, 0.15) is 11.5 Å². The van der Waals surface area contributed by atoms with Crippen LogP contribution in [-0.4, -0.2) is 14.4 Å². The van der Waals surface area contributed by atoms with Gasteiger partial charge in [-0.15, -0.1) is 0 Å². The monoisotopic (exact) mass is 328 g/mol. The molecule has 0 saturated carbocycles. The van der Waals surface area contributed by atoms with E-state index in [9.17, 15) is 0 Å². The predicted octanol–water partition coefficient (Wildman–Crippen LogP) is 4.63. The standard InChI is InChI=1S/C21H20N4/c1-15-9-10-18(13-16(15)2)19-20(23-14-17-7-4-3-5-8-17)25-12-6-11-22-21(25)24-19/h3-13,23H,14H2,1-2H3. The number of aryl methyl sites for hydroxylation is 2. The van der Waals surface area contributed by atoms with Crippen molar-refractivity contribution in [2.45, 2.75) is 20.4 Å². The Kier molecular flexibility index (Phi) is 3.94. The van der Waals surface area contributed by atoms with E-state index in [1.165, 1.54) is 16.7 Å². The van der Waals surface area contributed by atoms with E-state index in [0.717, 1.165) is 23.6 Å². The minimum Gasteiger partial charge on any atom is -0.365 e. The number of hydrogen-bond acceptors (Lipinski definition) is 3. The Balaban J connectivity index is 1.79. The zero-order valence-corrected chi connectivity index (χ0v) is 14.4. The summed E-state index contributed by atoms with van der Waals surface area (Å²) in [6.07, 6.45) is 3.76. The lowest BCUT2D eigenvalue weighted by Gasteiger charge is -2.10. The molecular weight excluding hydrogens is 308 g/mol. The molecule has 0 saturated heterocycles. The Bertz CT molecular complexity index is 1020. The molecule has 0 unspecified atom stereocenters. The third kappa shape index (κ3) is 2.98. The molecule has 0 bridgehead atoms. The second-order valence-electron chi connectivity index (χ2n) is 6.24. The van der Waals surface area contributed by atoms with Gasteiger partial charge in [0.2, 0.25) is 5.78 Å². The van der Waals surface area contributed by atoms with E-state index in [2.05, 4.69) is 66.6 Å². The number of fused-ring (bicyclic) bond motifs is 1. The van der Waals surface area contributed by atoms with Gasteiger partial charge in [0.15, 0.2) is 0 Å². The number of imidazole rings is 1. The van der Waals surface area contributed by atoms with Crippen molar-refractivity contribution in [3.05, 3.63) is 83.7 Å². The Morgan fingerprint density at radius 1 is 0.960 bits per heavy atom. The first-order valence-corrected chi connectivity index (χ1v) is 8.41. The van der Waals surface area contributed by atoms with Crippen molar-refractivity contribution in [3.8, 4) is 11.3 Å². The fraction of sp³-hybridized carbons (Fsp3) is 0.143. The highest BCUT2D eigenvalue weighted by molar-refractivity contribution is 5.76. The number of benzene rings is 2. The summed E-state index contributed by atoms with van der Waals surface area (Å²) in [5.41, 5.74) is 5.80. The van der Waals surface area contributed by atoms with Crippen LogP contribution in [0.3, 0.4) is 0 Å². The Morgan fingerprint density at radius 2 is 1.80 bits per heavy atom. The van der Waals surface area contributed by atoms with Crippen LogP contribution in [0.1, 0.15) is 16.7 Å². The van der Waals surface area contributed by atoms with Crippen LogP contribution in [0.25, 0.3) is 17.0 Å². The van der Waals surface area contributed by atoms with E-state index in [1.807, 2.05) is 22.7 Å². The van der Waals surface area contributed by atoms with Crippen molar-refractivity contribution >= 4 is 11.6 Å². The molecule has 4 rings (SSSR count). The fourth-order valence-electron chi connectivity index (χ4n) is 2.93. The average Bonchev–Trinajstić information content (AvgIpc) is 3.02. The molecule has 4 nitrogen and oxygen atoms in total. The molecule has 1 N–H and O–H groups in total. The smallest absolute Gasteiger partial charge is 0.235 e. The van der Waals surface area contributed by atoms with E-state index >= 15 is 0 Å². The lowest BCUT2D eigenvalue weighted by atomic mass is 10.0. The van der Waals surface area contributed by atoms with Gasteiger partial charge in [0, 0.05) is 24.5 Å². The number of aromatic nitrogens is 3. The van der Waals surface area contributed by atoms with Gasteiger partial charge in [-0.3, -0.25) is 4.40 Å². The highest BCUT2D eigenvalue weighted by atomic mass is 15.2. The van der Waals surface area contributed by atoms with E-state index < -0.39 is 0 Å². The first kappa shape index (κ1) is 15.4. The van der Waals surface area contributed by atoms with Crippen LogP contribution >= 0.6 is 0 Å². The van der Waals surface area contributed by atoms with Crippen molar-refractivity contribution in [3.63, 3.8) is 0 Å². The zero-order valence-electron chi connectivity index (χ0n) is 14.4. The SMILES string of the molecule is Cc1ccc(-c2nc3ncccn3c2NCc2ccccc2)cc1C. The highest BCUT2D eigenvalue weighted by Crippen LogP contribution is 2.29. The van der Waals surface area contributed by atoms with Gasteiger partial charge in [-0.25, -0.2) is 9.97 Å². The quantitative estimate of drug-likeness (QED) is 0.594. The van der Waals surface area contributed by atoms with Gasteiger partial charge >= 0.3 is 0 Å². The normalized spacial score (nSPS) is 11.0. The van der Waals surface area contributed by atoms with Gasteiger partial charge in [0.25, 0.3) is 0 Å². The minimum absolute atomic E-state index is 0.700. The van der Waals surface area contributed by atoms with Crippen LogP contribution in [0.5, 0.6) is 0 Å². The van der Waals surface area contributed by atoms with Crippen LogP contribution in [0.2, 0.25) is 0 Å². The van der Waals surface area contributed by atoms with Crippen molar-refractivity contribution in [1.29, 1.82) is 0 Å². The van der Waals surface area contributed by atoms with E-state index in [0.29, 0.717) is 5.78 Å². The summed E-state index contributed by atoms with van der Waals surface area (Å²) in [4.78, 5) is 9.15. The average molecular weight is 328 g/mol. The first-order chi connectivity index (χ1) is 12.2. The van der Waals surface area contributed by atoms with E-state index in [4.69, 9.17) is 4.98 Å². The molecule has 0 fully saturated rings. The van der Waals surface area contributed by atoms with Crippen molar-refractivity contribution < 1.29 is 0 Å². The molecule has 0 aliphatic heterocycles. The molecule has 0 spiro atoms. The Labute approximate surface area is 147 Å². The molecular formula is C21H20N4. The van der Waals surface area contributed by atoms with Crippen molar-refractivity contribution in [2.75, 3.05) is 5.32 Å².